The Hall–Kier alpha value is -2.05. The molecule has 1 aliphatic rings. The molecule has 2 aromatic rings. The van der Waals surface area contributed by atoms with Crippen LogP contribution in [0.2, 0.25) is 0 Å². The number of hydrogen-bond donors (Lipinski definition) is 1. The van der Waals surface area contributed by atoms with Crippen LogP contribution in [0.3, 0.4) is 0 Å². The molecule has 0 spiro atoms. The Balaban J connectivity index is 1.98. The molecule has 1 fully saturated rings. The SMILES string of the molecule is CCOc1ccc(C(c2ccccc2Br)N2CCC(C(=O)O)CC2)cc1OC. The van der Waals surface area contributed by atoms with Gasteiger partial charge in [-0.1, -0.05) is 40.2 Å². The number of aliphatic carboxylic acids is 1. The third-order valence-electron chi connectivity index (χ3n) is 5.25. The van der Waals surface area contributed by atoms with Crippen molar-refractivity contribution in [2.24, 2.45) is 5.92 Å². The van der Waals surface area contributed by atoms with Crippen molar-refractivity contribution in [3.8, 4) is 11.5 Å². The van der Waals surface area contributed by atoms with Gasteiger partial charge >= 0.3 is 5.97 Å². The first-order chi connectivity index (χ1) is 13.5. The second kappa shape index (κ2) is 9.43. The van der Waals surface area contributed by atoms with E-state index in [-0.39, 0.29) is 12.0 Å². The van der Waals surface area contributed by atoms with Crippen molar-refractivity contribution in [3.05, 3.63) is 58.1 Å². The fourth-order valence-corrected chi connectivity index (χ4v) is 4.32. The molecule has 1 atom stereocenters. The maximum Gasteiger partial charge on any atom is 0.306 e. The van der Waals surface area contributed by atoms with Gasteiger partial charge in [-0.2, -0.15) is 0 Å². The number of carboxylic acid groups (broad SMARTS) is 1. The van der Waals surface area contributed by atoms with Crippen molar-refractivity contribution in [1.82, 2.24) is 4.90 Å². The zero-order chi connectivity index (χ0) is 20.1. The highest BCUT2D eigenvalue weighted by molar-refractivity contribution is 9.10. The van der Waals surface area contributed by atoms with Crippen LogP contribution in [0.1, 0.15) is 36.9 Å². The number of hydrogen-bond acceptors (Lipinski definition) is 4. The quantitative estimate of drug-likeness (QED) is 0.663. The van der Waals surface area contributed by atoms with Gasteiger partial charge in [0.1, 0.15) is 0 Å². The summed E-state index contributed by atoms with van der Waals surface area (Å²) < 4.78 is 12.3. The molecule has 6 heteroatoms. The van der Waals surface area contributed by atoms with Crippen molar-refractivity contribution >= 4 is 21.9 Å². The zero-order valence-electron chi connectivity index (χ0n) is 16.2. The van der Waals surface area contributed by atoms with E-state index < -0.39 is 5.97 Å². The number of ether oxygens (including phenoxy) is 2. The second-order valence-corrected chi connectivity index (χ2v) is 7.77. The molecule has 5 nitrogen and oxygen atoms in total. The van der Waals surface area contributed by atoms with Crippen LogP contribution in [0, 0.1) is 5.92 Å². The molecular weight excluding hydrogens is 422 g/mol. The number of halogens is 1. The lowest BCUT2D eigenvalue weighted by Crippen LogP contribution is -2.39. The summed E-state index contributed by atoms with van der Waals surface area (Å²) in [5.74, 6) is 0.479. The number of likely N-dealkylation sites (tertiary alicyclic amines) is 1. The molecule has 1 aliphatic heterocycles. The third-order valence-corrected chi connectivity index (χ3v) is 5.97. The lowest BCUT2D eigenvalue weighted by atomic mass is 9.91. The Kier molecular flexibility index (Phi) is 6.97. The molecule has 0 saturated carbocycles. The number of piperidine rings is 1. The summed E-state index contributed by atoms with van der Waals surface area (Å²) in [7, 11) is 1.65. The smallest absolute Gasteiger partial charge is 0.306 e. The first kappa shape index (κ1) is 20.7. The minimum atomic E-state index is -0.695. The Morgan fingerprint density at radius 3 is 2.54 bits per heavy atom. The fourth-order valence-electron chi connectivity index (χ4n) is 3.82. The van der Waals surface area contributed by atoms with Gasteiger partial charge in [0.05, 0.1) is 25.7 Å². The van der Waals surface area contributed by atoms with Gasteiger partial charge in [-0.05, 0) is 62.2 Å². The van der Waals surface area contributed by atoms with E-state index in [4.69, 9.17) is 9.47 Å². The third kappa shape index (κ3) is 4.50. The van der Waals surface area contributed by atoms with Crippen molar-refractivity contribution in [2.75, 3.05) is 26.8 Å². The van der Waals surface area contributed by atoms with E-state index in [9.17, 15) is 9.90 Å². The summed E-state index contributed by atoms with van der Waals surface area (Å²) in [6, 6.07) is 14.2. The van der Waals surface area contributed by atoms with E-state index in [1.807, 2.05) is 37.3 Å². The van der Waals surface area contributed by atoms with Gasteiger partial charge in [-0.25, -0.2) is 0 Å². The van der Waals surface area contributed by atoms with Crippen LogP contribution >= 0.6 is 15.9 Å². The number of benzene rings is 2. The van der Waals surface area contributed by atoms with E-state index >= 15 is 0 Å². The first-order valence-electron chi connectivity index (χ1n) is 9.57. The number of methoxy groups -OCH3 is 1. The van der Waals surface area contributed by atoms with Crippen molar-refractivity contribution < 1.29 is 19.4 Å². The van der Waals surface area contributed by atoms with E-state index in [1.165, 1.54) is 0 Å². The minimum absolute atomic E-state index is 0.00916. The van der Waals surface area contributed by atoms with Crippen LogP contribution in [0.5, 0.6) is 11.5 Å². The molecule has 2 aromatic carbocycles. The molecule has 0 amide bonds. The topological polar surface area (TPSA) is 59.0 Å². The van der Waals surface area contributed by atoms with Crippen LogP contribution in [0.4, 0.5) is 0 Å². The van der Waals surface area contributed by atoms with Crippen molar-refractivity contribution in [1.29, 1.82) is 0 Å². The monoisotopic (exact) mass is 447 g/mol. The summed E-state index contributed by atoms with van der Waals surface area (Å²) in [5, 5.41) is 9.33. The highest BCUT2D eigenvalue weighted by atomic mass is 79.9. The normalized spacial score (nSPS) is 16.5. The number of rotatable bonds is 7. The standard InChI is InChI=1S/C22H26BrNO4/c1-3-28-19-9-8-16(14-20(19)27-2)21(17-6-4-5-7-18(17)23)24-12-10-15(11-13-24)22(25)26/h4-9,14-15,21H,3,10-13H2,1-2H3,(H,25,26). The maximum absolute atomic E-state index is 11.4. The number of carbonyl (C=O) groups is 1. The molecule has 1 N–H and O–H groups in total. The van der Waals surface area contributed by atoms with Gasteiger partial charge in [0.25, 0.3) is 0 Å². The molecule has 1 heterocycles. The fraction of sp³-hybridized carbons (Fsp3) is 0.409. The lowest BCUT2D eigenvalue weighted by Gasteiger charge is -2.37. The Bertz CT molecular complexity index is 818. The largest absolute Gasteiger partial charge is 0.493 e. The highest BCUT2D eigenvalue weighted by Crippen LogP contribution is 2.39. The molecule has 0 radical (unpaired) electrons. The van der Waals surface area contributed by atoms with Crippen LogP contribution in [0.15, 0.2) is 46.9 Å². The van der Waals surface area contributed by atoms with Gasteiger partial charge in [0.15, 0.2) is 11.5 Å². The van der Waals surface area contributed by atoms with Crippen LogP contribution in [-0.2, 0) is 4.79 Å². The molecule has 1 saturated heterocycles. The van der Waals surface area contributed by atoms with Gasteiger partial charge in [-0.3, -0.25) is 9.69 Å². The summed E-state index contributed by atoms with van der Waals surface area (Å²) in [6.45, 7) is 3.99. The summed E-state index contributed by atoms with van der Waals surface area (Å²) >= 11 is 3.69. The Morgan fingerprint density at radius 1 is 1.21 bits per heavy atom. The molecule has 3 rings (SSSR count). The van der Waals surface area contributed by atoms with E-state index in [0.29, 0.717) is 25.2 Å². The van der Waals surface area contributed by atoms with Crippen LogP contribution in [-0.4, -0.2) is 42.8 Å². The average molecular weight is 448 g/mol. The molecular formula is C22H26BrNO4. The van der Waals surface area contributed by atoms with E-state index in [2.05, 4.69) is 33.0 Å². The van der Waals surface area contributed by atoms with Gasteiger partial charge < -0.3 is 14.6 Å². The Labute approximate surface area is 174 Å². The predicted octanol–water partition coefficient (Wildman–Crippen LogP) is 4.74. The maximum atomic E-state index is 11.4. The van der Waals surface area contributed by atoms with Gasteiger partial charge in [0, 0.05) is 4.47 Å². The molecule has 1 unspecified atom stereocenters. The number of nitrogens with zero attached hydrogens (tertiary/aromatic N) is 1. The van der Waals surface area contributed by atoms with Gasteiger partial charge in [0.2, 0.25) is 0 Å². The van der Waals surface area contributed by atoms with Gasteiger partial charge in [-0.15, -0.1) is 0 Å². The molecule has 28 heavy (non-hydrogen) atoms. The predicted molar refractivity (Wildman–Crippen MR) is 112 cm³/mol. The lowest BCUT2D eigenvalue weighted by molar-refractivity contribution is -0.143. The number of carboxylic acids is 1. The molecule has 0 aromatic heterocycles. The summed E-state index contributed by atoms with van der Waals surface area (Å²) in [6.07, 6.45) is 1.31. The second-order valence-electron chi connectivity index (χ2n) is 6.92. The summed E-state index contributed by atoms with van der Waals surface area (Å²) in [4.78, 5) is 13.7. The average Bonchev–Trinajstić information content (AvgIpc) is 2.71. The Morgan fingerprint density at radius 2 is 1.93 bits per heavy atom. The highest BCUT2D eigenvalue weighted by Gasteiger charge is 2.31. The molecule has 0 bridgehead atoms. The van der Waals surface area contributed by atoms with Crippen molar-refractivity contribution in [2.45, 2.75) is 25.8 Å². The molecule has 150 valence electrons. The zero-order valence-corrected chi connectivity index (χ0v) is 17.8. The molecule has 0 aliphatic carbocycles. The van der Waals surface area contributed by atoms with E-state index in [0.717, 1.165) is 34.4 Å². The van der Waals surface area contributed by atoms with Crippen molar-refractivity contribution in [3.63, 3.8) is 0 Å². The van der Waals surface area contributed by atoms with Crippen LogP contribution < -0.4 is 9.47 Å². The van der Waals surface area contributed by atoms with E-state index in [1.54, 1.807) is 7.11 Å². The summed E-state index contributed by atoms with van der Waals surface area (Å²) in [5.41, 5.74) is 2.25. The first-order valence-corrected chi connectivity index (χ1v) is 10.4. The minimum Gasteiger partial charge on any atom is -0.493 e. The van der Waals surface area contributed by atoms with Crippen LogP contribution in [0.25, 0.3) is 0 Å².